The predicted octanol–water partition coefficient (Wildman–Crippen LogP) is 3.29. The number of hydrogen-bond acceptors (Lipinski definition) is 7. The number of nitro benzene ring substituents is 1. The van der Waals surface area contributed by atoms with Gasteiger partial charge in [0.1, 0.15) is 0 Å². The zero-order valence-corrected chi connectivity index (χ0v) is 15.8. The van der Waals surface area contributed by atoms with Crippen molar-refractivity contribution in [3.63, 3.8) is 0 Å². The Hall–Kier alpha value is -3.11. The second-order valence-electron chi connectivity index (χ2n) is 5.01. The molecule has 0 aliphatic rings. The number of phenols is 1. The van der Waals surface area contributed by atoms with E-state index < -0.39 is 16.4 Å². The quantitative estimate of drug-likeness (QED) is 0.287. The van der Waals surface area contributed by atoms with E-state index in [0.29, 0.717) is 17.2 Å². The molecule has 0 amide bonds. The van der Waals surface area contributed by atoms with Gasteiger partial charge in [0, 0.05) is 28.4 Å². The lowest BCUT2D eigenvalue weighted by Crippen LogP contribution is -2.23. The summed E-state index contributed by atoms with van der Waals surface area (Å²) in [6.07, 6.45) is 1.16. The van der Waals surface area contributed by atoms with Gasteiger partial charge in [0.15, 0.2) is 16.6 Å². The van der Waals surface area contributed by atoms with Crippen molar-refractivity contribution in [3.8, 4) is 17.2 Å². The van der Waals surface area contributed by atoms with Crippen LogP contribution in [0.5, 0.6) is 17.2 Å². The van der Waals surface area contributed by atoms with Crippen LogP contribution in [0.4, 0.5) is 11.4 Å². The molecule has 0 heterocycles. The molecule has 0 spiro atoms. The Balaban J connectivity index is 2.07. The number of nitro groups is 1. The number of hydrazone groups is 1. The molecule has 0 aliphatic heterocycles. The molecule has 11 heteroatoms. The van der Waals surface area contributed by atoms with Crippen molar-refractivity contribution in [2.75, 3.05) is 19.5 Å². The van der Waals surface area contributed by atoms with E-state index in [9.17, 15) is 15.2 Å². The van der Waals surface area contributed by atoms with Gasteiger partial charge in [0.05, 0.1) is 25.4 Å². The molecule has 0 atom stereocenters. The minimum atomic E-state index is -0.741. The lowest BCUT2D eigenvalue weighted by Gasteiger charge is -2.11. The molecule has 0 aliphatic carbocycles. The first-order chi connectivity index (χ1) is 12.8. The number of hydrogen-bond donors (Lipinski definition) is 3. The molecule has 0 radical (unpaired) electrons. The van der Waals surface area contributed by atoms with Crippen molar-refractivity contribution in [1.29, 1.82) is 0 Å². The molecule has 142 valence electrons. The first-order valence-corrected chi connectivity index (χ1v) is 8.13. The Morgan fingerprint density at radius 1 is 1.30 bits per heavy atom. The van der Waals surface area contributed by atoms with E-state index in [2.05, 4.69) is 15.8 Å². The molecule has 9 nitrogen and oxygen atoms in total. The molecular formula is C16H15ClN4O5S. The Kier molecular flexibility index (Phi) is 6.74. The minimum Gasteiger partial charge on any atom is -0.502 e. The van der Waals surface area contributed by atoms with Crippen LogP contribution in [0.1, 0.15) is 5.56 Å². The largest absolute Gasteiger partial charge is 0.502 e. The van der Waals surface area contributed by atoms with Gasteiger partial charge in [0.25, 0.3) is 0 Å². The van der Waals surface area contributed by atoms with Crippen LogP contribution in [0.15, 0.2) is 35.4 Å². The molecule has 3 N–H and O–H groups in total. The normalized spacial score (nSPS) is 10.5. The van der Waals surface area contributed by atoms with Gasteiger partial charge in [-0.2, -0.15) is 5.10 Å². The number of halogens is 1. The zero-order chi connectivity index (χ0) is 20.0. The number of thiocarbonyl (C=S) groups is 1. The molecule has 0 unspecified atom stereocenters. The molecule has 2 aromatic rings. The van der Waals surface area contributed by atoms with Gasteiger partial charge in [0.2, 0.25) is 5.75 Å². The lowest BCUT2D eigenvalue weighted by molar-refractivity contribution is -0.385. The monoisotopic (exact) mass is 410 g/mol. The van der Waals surface area contributed by atoms with Crippen molar-refractivity contribution >= 4 is 46.5 Å². The molecule has 0 fully saturated rings. The molecule has 2 aromatic carbocycles. The molecular weight excluding hydrogens is 396 g/mol. The lowest BCUT2D eigenvalue weighted by atomic mass is 10.2. The summed E-state index contributed by atoms with van der Waals surface area (Å²) in [5.41, 5.74) is 2.71. The summed E-state index contributed by atoms with van der Waals surface area (Å²) in [7, 11) is 3.04. The maximum Gasteiger partial charge on any atom is 0.312 e. The topological polar surface area (TPSA) is 118 Å². The van der Waals surface area contributed by atoms with Crippen LogP contribution in [0.25, 0.3) is 0 Å². The summed E-state index contributed by atoms with van der Waals surface area (Å²) in [5.74, 6) is 0.539. The van der Waals surface area contributed by atoms with Gasteiger partial charge in [-0.05, 0) is 30.4 Å². The van der Waals surface area contributed by atoms with Crippen molar-refractivity contribution in [3.05, 3.63) is 51.0 Å². The van der Waals surface area contributed by atoms with Crippen molar-refractivity contribution in [2.24, 2.45) is 5.10 Å². The molecule has 0 bridgehead atoms. The van der Waals surface area contributed by atoms with Crippen molar-refractivity contribution < 1.29 is 19.5 Å². The first kappa shape index (κ1) is 20.2. The molecule has 0 saturated heterocycles. The second kappa shape index (κ2) is 9.01. The van der Waals surface area contributed by atoms with Gasteiger partial charge in [-0.25, -0.2) is 0 Å². The van der Waals surface area contributed by atoms with Gasteiger partial charge in [-0.15, -0.1) is 0 Å². The van der Waals surface area contributed by atoms with Crippen molar-refractivity contribution in [1.82, 2.24) is 5.43 Å². The number of methoxy groups -OCH3 is 2. The van der Waals surface area contributed by atoms with E-state index in [4.69, 9.17) is 33.3 Å². The number of nitrogens with zero attached hydrogens (tertiary/aromatic N) is 2. The summed E-state index contributed by atoms with van der Waals surface area (Å²) in [5, 5.41) is 27.7. The van der Waals surface area contributed by atoms with Gasteiger partial charge in [-0.3, -0.25) is 15.5 Å². The van der Waals surface area contributed by atoms with E-state index in [1.54, 1.807) is 18.2 Å². The summed E-state index contributed by atoms with van der Waals surface area (Å²) < 4.78 is 10.3. The third-order valence-electron chi connectivity index (χ3n) is 3.29. The summed E-state index contributed by atoms with van der Waals surface area (Å²) in [6, 6.07) is 7.49. The third-order valence-corrected chi connectivity index (χ3v) is 3.70. The number of anilines is 1. The fourth-order valence-corrected chi connectivity index (χ4v) is 2.47. The Morgan fingerprint density at radius 2 is 2.00 bits per heavy atom. The first-order valence-electron chi connectivity index (χ1n) is 7.34. The Bertz CT molecular complexity index is 907. The van der Waals surface area contributed by atoms with Gasteiger partial charge in [-0.1, -0.05) is 11.6 Å². The average Bonchev–Trinajstić information content (AvgIpc) is 2.63. The van der Waals surface area contributed by atoms with E-state index in [0.717, 1.165) is 12.3 Å². The van der Waals surface area contributed by atoms with Crippen LogP contribution in [-0.2, 0) is 0 Å². The van der Waals surface area contributed by atoms with E-state index in [1.165, 1.54) is 20.3 Å². The highest BCUT2D eigenvalue weighted by atomic mass is 35.5. The highest BCUT2D eigenvalue weighted by Crippen LogP contribution is 2.32. The molecule has 0 aromatic heterocycles. The van der Waals surface area contributed by atoms with E-state index >= 15 is 0 Å². The standard InChI is InChI=1S/C16H15ClN4O5S/c1-25-13-4-3-11(7-14(13)26-2)19-16(27)20-18-8-9-5-10(17)6-12(15(9)22)21(23)24/h3-8,22H,1-2H3,(H2,19,20,27)/b18-8-. The number of aromatic hydroxyl groups is 1. The van der Waals surface area contributed by atoms with Crippen LogP contribution in [0, 0.1) is 10.1 Å². The highest BCUT2D eigenvalue weighted by molar-refractivity contribution is 7.80. The van der Waals surface area contributed by atoms with Crippen LogP contribution in [-0.4, -0.2) is 35.6 Å². The Morgan fingerprint density at radius 3 is 2.63 bits per heavy atom. The molecule has 27 heavy (non-hydrogen) atoms. The number of benzene rings is 2. The van der Waals surface area contributed by atoms with E-state index in [-0.39, 0.29) is 15.7 Å². The maximum atomic E-state index is 10.9. The van der Waals surface area contributed by atoms with Crippen LogP contribution < -0.4 is 20.2 Å². The maximum absolute atomic E-state index is 10.9. The predicted molar refractivity (Wildman–Crippen MR) is 106 cm³/mol. The SMILES string of the molecule is COc1ccc(NC(=S)N/N=C\c2cc(Cl)cc([N+](=O)[O-])c2O)cc1OC. The number of phenolic OH excluding ortho intramolecular Hbond substituents is 1. The summed E-state index contributed by atoms with van der Waals surface area (Å²) in [6.45, 7) is 0. The van der Waals surface area contributed by atoms with Gasteiger partial charge >= 0.3 is 5.69 Å². The second-order valence-corrected chi connectivity index (χ2v) is 5.86. The fraction of sp³-hybridized carbons (Fsp3) is 0.125. The number of ether oxygens (including phenoxy) is 2. The van der Waals surface area contributed by atoms with Crippen molar-refractivity contribution in [2.45, 2.75) is 0 Å². The minimum absolute atomic E-state index is 0.0654. The average molecular weight is 411 g/mol. The van der Waals surface area contributed by atoms with E-state index in [1.807, 2.05) is 0 Å². The summed E-state index contributed by atoms with van der Waals surface area (Å²) >= 11 is 10.9. The highest BCUT2D eigenvalue weighted by Gasteiger charge is 2.17. The number of rotatable bonds is 6. The van der Waals surface area contributed by atoms with Crippen LogP contribution in [0.2, 0.25) is 5.02 Å². The number of nitrogens with one attached hydrogen (secondary N) is 2. The molecule has 2 rings (SSSR count). The Labute approximate surface area is 164 Å². The fourth-order valence-electron chi connectivity index (χ4n) is 2.08. The van der Waals surface area contributed by atoms with Gasteiger partial charge < -0.3 is 19.9 Å². The third kappa shape index (κ3) is 5.19. The van der Waals surface area contributed by atoms with Crippen LogP contribution in [0.3, 0.4) is 0 Å². The zero-order valence-electron chi connectivity index (χ0n) is 14.2. The smallest absolute Gasteiger partial charge is 0.312 e. The molecule has 0 saturated carbocycles. The summed E-state index contributed by atoms with van der Waals surface area (Å²) in [4.78, 5) is 10.1. The van der Waals surface area contributed by atoms with Crippen LogP contribution >= 0.6 is 23.8 Å².